The molecule has 0 aliphatic heterocycles. The number of carbonyl (C=O) groups is 1. The van der Waals surface area contributed by atoms with E-state index in [2.05, 4.69) is 19.1 Å². The van der Waals surface area contributed by atoms with Crippen LogP contribution in [0.5, 0.6) is 0 Å². The molecule has 0 bridgehead atoms. The summed E-state index contributed by atoms with van der Waals surface area (Å²) in [5.41, 5.74) is 0.278. The second-order valence-electron chi connectivity index (χ2n) is 3.40. The third kappa shape index (κ3) is 3.89. The molecule has 0 aliphatic rings. The minimum absolute atomic E-state index is 0.0706. The average molecular weight is 307 g/mol. The van der Waals surface area contributed by atoms with Gasteiger partial charge in [0.25, 0.3) is 10.0 Å². The molecule has 0 amide bonds. The molecule has 0 fully saturated rings. The molecule has 0 radical (unpaired) electrons. The molecule has 0 atom stereocenters. The molecule has 1 heterocycles. The van der Waals surface area contributed by atoms with Gasteiger partial charge in [-0.2, -0.15) is 0 Å². The van der Waals surface area contributed by atoms with Crippen LogP contribution in [0.25, 0.3) is 0 Å². The van der Waals surface area contributed by atoms with E-state index in [1.54, 1.807) is 12.4 Å². The smallest absolute Gasteiger partial charge is 0.362 e. The molecular formula is C9H13N3O5S2. The van der Waals surface area contributed by atoms with Crippen molar-refractivity contribution in [3.05, 3.63) is 15.9 Å². The van der Waals surface area contributed by atoms with Crippen LogP contribution in [0.3, 0.4) is 0 Å². The Morgan fingerprint density at radius 2 is 2.05 bits per heavy atom. The lowest BCUT2D eigenvalue weighted by Gasteiger charge is -2.04. The minimum atomic E-state index is -3.52. The van der Waals surface area contributed by atoms with Gasteiger partial charge in [0.15, 0.2) is 0 Å². The number of nitrogens with zero attached hydrogens (tertiary/aromatic N) is 3. The van der Waals surface area contributed by atoms with Gasteiger partial charge in [0, 0.05) is 12.4 Å². The zero-order valence-corrected chi connectivity index (χ0v) is 12.4. The number of rotatable bonds is 4. The van der Waals surface area contributed by atoms with Crippen LogP contribution in [-0.2, 0) is 31.4 Å². The third-order valence-electron chi connectivity index (χ3n) is 1.97. The Morgan fingerprint density at radius 1 is 1.42 bits per heavy atom. The number of ether oxygens (including phenoxy) is 1. The van der Waals surface area contributed by atoms with Gasteiger partial charge in [-0.3, -0.25) is 0 Å². The van der Waals surface area contributed by atoms with Crippen molar-refractivity contribution < 1.29 is 22.8 Å². The Morgan fingerprint density at radius 3 is 2.53 bits per heavy atom. The molecule has 0 aromatic carbocycles. The molecule has 106 valence electrons. The van der Waals surface area contributed by atoms with E-state index in [9.17, 15) is 13.2 Å². The predicted octanol–water partition coefficient (Wildman–Crippen LogP) is -0.530. The van der Waals surface area contributed by atoms with Crippen LogP contribution >= 0.6 is 11.3 Å². The first-order valence-electron chi connectivity index (χ1n) is 4.90. The topological polar surface area (TPSA) is 99.3 Å². The van der Waals surface area contributed by atoms with E-state index < -0.39 is 16.0 Å². The maximum Gasteiger partial charge on any atom is 0.362 e. The summed E-state index contributed by atoms with van der Waals surface area (Å²) in [6.07, 6.45) is 0.983. The lowest BCUT2D eigenvalue weighted by atomic mass is 10.3. The number of oxime groups is 1. The Bertz CT molecular complexity index is 668. The molecule has 0 spiro atoms. The zero-order valence-electron chi connectivity index (χ0n) is 10.8. The normalized spacial score (nSPS) is 13.5. The molecular weight excluding hydrogens is 294 g/mol. The number of methoxy groups -OCH3 is 1. The Labute approximate surface area is 114 Å². The van der Waals surface area contributed by atoms with Gasteiger partial charge in [0.05, 0.1) is 19.1 Å². The molecule has 0 aliphatic carbocycles. The first kappa shape index (κ1) is 15.4. The molecule has 0 saturated heterocycles. The molecule has 8 nitrogen and oxygen atoms in total. The van der Waals surface area contributed by atoms with Gasteiger partial charge in [0.1, 0.15) is 7.11 Å². The number of esters is 1. The monoisotopic (exact) mass is 307 g/mol. The van der Waals surface area contributed by atoms with Gasteiger partial charge < -0.3 is 14.1 Å². The molecule has 1 rings (SSSR count). The van der Waals surface area contributed by atoms with Crippen molar-refractivity contribution in [1.29, 1.82) is 0 Å². The van der Waals surface area contributed by atoms with Crippen molar-refractivity contribution >= 4 is 33.0 Å². The van der Waals surface area contributed by atoms with Crippen molar-refractivity contribution in [2.45, 2.75) is 0 Å². The minimum Gasteiger partial charge on any atom is -0.464 e. The fourth-order valence-electron chi connectivity index (χ4n) is 1.19. The number of sulfonamides is 1. The van der Waals surface area contributed by atoms with Crippen LogP contribution in [0.2, 0.25) is 0 Å². The molecule has 0 saturated carbocycles. The number of thiazole rings is 1. The Balaban J connectivity index is 3.42. The van der Waals surface area contributed by atoms with Crippen LogP contribution in [0, 0.1) is 0 Å². The van der Waals surface area contributed by atoms with E-state index >= 15 is 0 Å². The summed E-state index contributed by atoms with van der Waals surface area (Å²) in [5, 5.41) is 5.11. The van der Waals surface area contributed by atoms with E-state index in [0.29, 0.717) is 5.69 Å². The Hall–Kier alpha value is -1.68. The van der Waals surface area contributed by atoms with Gasteiger partial charge in [0.2, 0.25) is 10.5 Å². The summed E-state index contributed by atoms with van der Waals surface area (Å²) < 4.78 is 31.8. The largest absolute Gasteiger partial charge is 0.464 e. The highest BCUT2D eigenvalue weighted by Crippen LogP contribution is 2.05. The van der Waals surface area contributed by atoms with Crippen LogP contribution in [0.1, 0.15) is 5.69 Å². The van der Waals surface area contributed by atoms with Crippen LogP contribution in [-0.4, -0.2) is 45.1 Å². The van der Waals surface area contributed by atoms with Crippen molar-refractivity contribution in [1.82, 2.24) is 4.57 Å². The van der Waals surface area contributed by atoms with Gasteiger partial charge in [-0.25, -0.2) is 13.2 Å². The van der Waals surface area contributed by atoms with E-state index in [-0.39, 0.29) is 10.5 Å². The van der Waals surface area contributed by atoms with Crippen molar-refractivity contribution in [2.75, 3.05) is 20.5 Å². The summed E-state index contributed by atoms with van der Waals surface area (Å²) in [6.45, 7) is 0. The standard InChI is InChI=1S/C9H13N3O5S2/c1-12-6(7(10-17-3)8(13)16-2)5-18-9(12)11-19(4,14)15/h5H,1-4H3. The number of aromatic nitrogens is 1. The van der Waals surface area contributed by atoms with E-state index in [4.69, 9.17) is 0 Å². The van der Waals surface area contributed by atoms with Crippen molar-refractivity contribution in [3.63, 3.8) is 0 Å². The van der Waals surface area contributed by atoms with Crippen molar-refractivity contribution in [3.8, 4) is 0 Å². The number of hydrogen-bond donors (Lipinski definition) is 0. The fraction of sp³-hybridized carbons (Fsp3) is 0.444. The maximum atomic E-state index is 11.6. The van der Waals surface area contributed by atoms with Crippen LogP contribution in [0.4, 0.5) is 0 Å². The summed E-state index contributed by atoms with van der Waals surface area (Å²) in [6, 6.07) is 0. The highest BCUT2D eigenvalue weighted by molar-refractivity contribution is 7.89. The van der Waals surface area contributed by atoms with E-state index in [1.165, 1.54) is 18.8 Å². The zero-order chi connectivity index (χ0) is 14.6. The molecule has 19 heavy (non-hydrogen) atoms. The number of hydrogen-bond acceptors (Lipinski definition) is 7. The third-order valence-corrected chi connectivity index (χ3v) is 3.51. The molecule has 0 unspecified atom stereocenters. The average Bonchev–Trinajstić information content (AvgIpc) is 2.65. The second-order valence-corrected chi connectivity index (χ2v) is 5.89. The first-order chi connectivity index (χ1) is 8.80. The fourth-order valence-corrected chi connectivity index (χ4v) is 2.91. The quantitative estimate of drug-likeness (QED) is 0.423. The Kier molecular flexibility index (Phi) is 4.84. The molecule has 1 aromatic heterocycles. The van der Waals surface area contributed by atoms with Crippen LogP contribution in [0.15, 0.2) is 14.9 Å². The molecule has 0 N–H and O–H groups in total. The van der Waals surface area contributed by atoms with E-state index in [1.807, 2.05) is 0 Å². The lowest BCUT2D eigenvalue weighted by molar-refractivity contribution is -0.132. The second kappa shape index (κ2) is 5.97. The predicted molar refractivity (Wildman–Crippen MR) is 69.3 cm³/mol. The van der Waals surface area contributed by atoms with E-state index in [0.717, 1.165) is 17.6 Å². The first-order valence-corrected chi connectivity index (χ1v) is 7.63. The van der Waals surface area contributed by atoms with Gasteiger partial charge >= 0.3 is 5.97 Å². The summed E-state index contributed by atoms with van der Waals surface area (Å²) in [5.74, 6) is -0.693. The van der Waals surface area contributed by atoms with Gasteiger partial charge in [-0.05, 0) is 0 Å². The SMILES string of the molecule is CON=C(C(=O)OC)c1csc(=NS(C)(=O)=O)n1C. The number of carbonyl (C=O) groups excluding carboxylic acids is 1. The summed E-state index contributed by atoms with van der Waals surface area (Å²) in [4.78, 5) is 16.3. The lowest BCUT2D eigenvalue weighted by Crippen LogP contribution is -2.24. The molecule has 1 aromatic rings. The maximum absolute atomic E-state index is 11.6. The van der Waals surface area contributed by atoms with Crippen molar-refractivity contribution in [2.24, 2.45) is 16.6 Å². The highest BCUT2D eigenvalue weighted by atomic mass is 32.2. The summed E-state index contributed by atoms with van der Waals surface area (Å²) in [7, 11) is 0.535. The highest BCUT2D eigenvalue weighted by Gasteiger charge is 2.20. The van der Waals surface area contributed by atoms with Crippen LogP contribution < -0.4 is 4.80 Å². The molecule has 10 heteroatoms. The summed E-state index contributed by atoms with van der Waals surface area (Å²) >= 11 is 1.06. The van der Waals surface area contributed by atoms with Gasteiger partial charge in [-0.15, -0.1) is 15.7 Å². The van der Waals surface area contributed by atoms with Gasteiger partial charge in [-0.1, -0.05) is 5.16 Å².